The van der Waals surface area contributed by atoms with Gasteiger partial charge in [-0.2, -0.15) is 0 Å². The maximum Gasteiger partial charge on any atom is 0.220 e. The average Bonchev–Trinajstić information content (AvgIpc) is 2.96. The molecule has 0 bridgehead atoms. The van der Waals surface area contributed by atoms with Gasteiger partial charge in [0.1, 0.15) is 0 Å². The second-order valence-electron chi connectivity index (χ2n) is 5.38. The number of carbonyl (C=O) groups excluding carboxylic acids is 2. The van der Waals surface area contributed by atoms with E-state index in [0.29, 0.717) is 16.5 Å². The van der Waals surface area contributed by atoms with E-state index in [-0.39, 0.29) is 24.5 Å². The maximum atomic E-state index is 11.9. The van der Waals surface area contributed by atoms with Crippen LogP contribution in [0.4, 0.5) is 0 Å². The molecule has 0 unspecified atom stereocenters. The van der Waals surface area contributed by atoms with Gasteiger partial charge in [0.15, 0.2) is 5.78 Å². The zero-order valence-electron chi connectivity index (χ0n) is 11.5. The third kappa shape index (κ3) is 4.64. The summed E-state index contributed by atoms with van der Waals surface area (Å²) >= 11 is 5.77. The Morgan fingerprint density at radius 2 is 1.75 bits per heavy atom. The van der Waals surface area contributed by atoms with Crippen LogP contribution in [0.15, 0.2) is 24.3 Å². The fraction of sp³-hybridized carbons (Fsp3) is 0.500. The summed E-state index contributed by atoms with van der Waals surface area (Å²) in [5.41, 5.74) is 0.609. The van der Waals surface area contributed by atoms with E-state index in [2.05, 4.69) is 5.32 Å². The predicted octanol–water partition coefficient (Wildman–Crippen LogP) is 3.61. The van der Waals surface area contributed by atoms with Crippen molar-refractivity contribution in [1.29, 1.82) is 0 Å². The molecule has 1 N–H and O–H groups in total. The van der Waals surface area contributed by atoms with Crippen molar-refractivity contribution in [2.45, 2.75) is 38.5 Å². The lowest BCUT2D eigenvalue weighted by Gasteiger charge is -2.10. The van der Waals surface area contributed by atoms with E-state index in [1.165, 1.54) is 25.7 Å². The van der Waals surface area contributed by atoms with Crippen molar-refractivity contribution in [3.8, 4) is 0 Å². The first kappa shape index (κ1) is 15.0. The first-order chi connectivity index (χ1) is 9.65. The summed E-state index contributed by atoms with van der Waals surface area (Å²) in [7, 11) is 0. The molecular formula is C16H20ClNO2. The Hall–Kier alpha value is -1.35. The van der Waals surface area contributed by atoms with Crippen LogP contribution in [0.5, 0.6) is 0 Å². The quantitative estimate of drug-likeness (QED) is 0.815. The van der Waals surface area contributed by atoms with Crippen LogP contribution in [0.1, 0.15) is 48.9 Å². The molecule has 1 saturated carbocycles. The van der Waals surface area contributed by atoms with Gasteiger partial charge in [0.05, 0.1) is 0 Å². The van der Waals surface area contributed by atoms with Crippen LogP contribution in [0.25, 0.3) is 0 Å². The van der Waals surface area contributed by atoms with Crippen LogP contribution in [0.2, 0.25) is 5.02 Å². The van der Waals surface area contributed by atoms with Gasteiger partial charge in [0.25, 0.3) is 0 Å². The van der Waals surface area contributed by atoms with Gasteiger partial charge in [0.2, 0.25) is 5.91 Å². The van der Waals surface area contributed by atoms with Crippen molar-refractivity contribution in [1.82, 2.24) is 5.32 Å². The number of halogens is 1. The maximum absolute atomic E-state index is 11.9. The topological polar surface area (TPSA) is 46.2 Å². The number of hydrogen-bond acceptors (Lipinski definition) is 2. The number of nitrogens with one attached hydrogen (secondary N) is 1. The van der Waals surface area contributed by atoms with Crippen LogP contribution < -0.4 is 5.32 Å². The molecule has 0 aliphatic heterocycles. The lowest BCUT2D eigenvalue weighted by Crippen LogP contribution is -2.28. The minimum Gasteiger partial charge on any atom is -0.356 e. The van der Waals surface area contributed by atoms with E-state index < -0.39 is 0 Å². The lowest BCUT2D eigenvalue weighted by molar-refractivity contribution is -0.121. The minimum absolute atomic E-state index is 0.0160. The second kappa shape index (κ2) is 7.44. The number of Topliss-reactive ketones (excluding diaryl/α,β-unsaturated/α-hetero) is 1. The van der Waals surface area contributed by atoms with E-state index in [1.54, 1.807) is 24.3 Å². The molecule has 1 aliphatic rings. The van der Waals surface area contributed by atoms with E-state index in [1.807, 2.05) is 0 Å². The molecule has 1 aromatic rings. The average molecular weight is 294 g/mol. The van der Waals surface area contributed by atoms with Gasteiger partial charge in [-0.1, -0.05) is 24.4 Å². The molecule has 1 aromatic carbocycles. The van der Waals surface area contributed by atoms with Crippen LogP contribution in [-0.2, 0) is 4.79 Å². The molecule has 0 heterocycles. The molecule has 3 nitrogen and oxygen atoms in total. The fourth-order valence-electron chi connectivity index (χ4n) is 2.57. The summed E-state index contributed by atoms with van der Waals surface area (Å²) in [5, 5.41) is 3.54. The highest BCUT2D eigenvalue weighted by Crippen LogP contribution is 2.23. The third-order valence-electron chi connectivity index (χ3n) is 3.81. The van der Waals surface area contributed by atoms with Crippen LogP contribution in [0.3, 0.4) is 0 Å². The second-order valence-corrected chi connectivity index (χ2v) is 5.82. The van der Waals surface area contributed by atoms with Gasteiger partial charge < -0.3 is 5.32 Å². The number of carbonyl (C=O) groups is 2. The van der Waals surface area contributed by atoms with Crippen molar-refractivity contribution < 1.29 is 9.59 Å². The van der Waals surface area contributed by atoms with Gasteiger partial charge in [-0.15, -0.1) is 0 Å². The van der Waals surface area contributed by atoms with E-state index in [9.17, 15) is 9.59 Å². The van der Waals surface area contributed by atoms with E-state index in [0.717, 1.165) is 6.54 Å². The Bertz CT molecular complexity index is 464. The molecule has 0 atom stereocenters. The van der Waals surface area contributed by atoms with Crippen LogP contribution in [0, 0.1) is 5.92 Å². The number of benzene rings is 1. The SMILES string of the molecule is O=C(CCC(=O)c1ccc(Cl)cc1)NCC1CCCC1. The number of ketones is 1. The van der Waals surface area contributed by atoms with E-state index >= 15 is 0 Å². The first-order valence-corrected chi connectivity index (χ1v) is 7.58. The fourth-order valence-corrected chi connectivity index (χ4v) is 2.69. The van der Waals surface area contributed by atoms with Crippen molar-refractivity contribution in [2.75, 3.05) is 6.54 Å². The largest absolute Gasteiger partial charge is 0.356 e. The molecule has 0 aromatic heterocycles. The monoisotopic (exact) mass is 293 g/mol. The van der Waals surface area contributed by atoms with Gasteiger partial charge in [-0.3, -0.25) is 9.59 Å². The third-order valence-corrected chi connectivity index (χ3v) is 4.06. The molecule has 0 radical (unpaired) electrons. The first-order valence-electron chi connectivity index (χ1n) is 7.20. The lowest BCUT2D eigenvalue weighted by atomic mass is 10.1. The van der Waals surface area contributed by atoms with Crippen LogP contribution in [-0.4, -0.2) is 18.2 Å². The summed E-state index contributed by atoms with van der Waals surface area (Å²) in [6.45, 7) is 0.758. The summed E-state index contributed by atoms with van der Waals surface area (Å²) in [5.74, 6) is 0.586. The molecule has 108 valence electrons. The Balaban J connectivity index is 1.69. The van der Waals surface area contributed by atoms with Crippen molar-refractivity contribution in [2.24, 2.45) is 5.92 Å². The Morgan fingerprint density at radius 1 is 1.10 bits per heavy atom. The van der Waals surface area contributed by atoms with Gasteiger partial charge in [-0.05, 0) is 43.0 Å². The Morgan fingerprint density at radius 3 is 2.40 bits per heavy atom. The zero-order chi connectivity index (χ0) is 14.4. The highest BCUT2D eigenvalue weighted by Gasteiger charge is 2.16. The van der Waals surface area contributed by atoms with Crippen molar-refractivity contribution in [3.05, 3.63) is 34.9 Å². The molecular weight excluding hydrogens is 274 g/mol. The smallest absolute Gasteiger partial charge is 0.220 e. The molecule has 1 fully saturated rings. The summed E-state index contributed by atoms with van der Waals surface area (Å²) in [6.07, 6.45) is 5.48. The van der Waals surface area contributed by atoms with Crippen molar-refractivity contribution >= 4 is 23.3 Å². The van der Waals surface area contributed by atoms with Gasteiger partial charge >= 0.3 is 0 Å². The molecule has 0 spiro atoms. The van der Waals surface area contributed by atoms with Gasteiger partial charge in [0, 0.05) is 30.0 Å². The summed E-state index contributed by atoms with van der Waals surface area (Å²) in [4.78, 5) is 23.6. The number of amides is 1. The molecule has 1 amide bonds. The zero-order valence-corrected chi connectivity index (χ0v) is 12.3. The van der Waals surface area contributed by atoms with Crippen molar-refractivity contribution in [3.63, 3.8) is 0 Å². The normalized spacial score (nSPS) is 15.2. The Labute approximate surface area is 124 Å². The minimum atomic E-state index is -0.0285. The summed E-state index contributed by atoms with van der Waals surface area (Å²) in [6, 6.07) is 6.77. The van der Waals surface area contributed by atoms with E-state index in [4.69, 9.17) is 11.6 Å². The highest BCUT2D eigenvalue weighted by atomic mass is 35.5. The highest BCUT2D eigenvalue weighted by molar-refractivity contribution is 6.30. The molecule has 4 heteroatoms. The Kier molecular flexibility index (Phi) is 5.60. The number of hydrogen-bond donors (Lipinski definition) is 1. The van der Waals surface area contributed by atoms with Crippen LogP contribution >= 0.6 is 11.6 Å². The predicted molar refractivity (Wildman–Crippen MR) is 80.0 cm³/mol. The van der Waals surface area contributed by atoms with Gasteiger partial charge in [-0.25, -0.2) is 0 Å². The number of rotatable bonds is 6. The molecule has 20 heavy (non-hydrogen) atoms. The molecule has 2 rings (SSSR count). The summed E-state index contributed by atoms with van der Waals surface area (Å²) < 4.78 is 0. The molecule has 0 saturated heterocycles. The standard InChI is InChI=1S/C16H20ClNO2/c17-14-7-5-13(6-8-14)15(19)9-10-16(20)18-11-12-3-1-2-4-12/h5-8,12H,1-4,9-11H2,(H,18,20). The molecule has 1 aliphatic carbocycles.